The van der Waals surface area contributed by atoms with E-state index in [1.54, 1.807) is 0 Å². The molecule has 0 saturated heterocycles. The molecule has 9 nitrogen and oxygen atoms in total. The molecule has 144 valence electrons. The van der Waals surface area contributed by atoms with Gasteiger partial charge >= 0.3 is 23.9 Å². The van der Waals surface area contributed by atoms with Gasteiger partial charge < -0.3 is 20.4 Å². The van der Waals surface area contributed by atoms with Crippen molar-refractivity contribution in [1.29, 1.82) is 0 Å². The Balaban J connectivity index is 3.13. The molecule has 0 aromatic heterocycles. The summed E-state index contributed by atoms with van der Waals surface area (Å²) in [7, 11) is 0. The monoisotopic (exact) mass is 426 g/mol. The van der Waals surface area contributed by atoms with E-state index in [2.05, 4.69) is 0 Å². The van der Waals surface area contributed by atoms with E-state index in [-0.39, 0.29) is 10.6 Å². The van der Waals surface area contributed by atoms with Crippen LogP contribution in [0.4, 0.5) is 0 Å². The fourth-order valence-electron chi connectivity index (χ4n) is 2.56. The molecule has 0 amide bonds. The van der Waals surface area contributed by atoms with Gasteiger partial charge in [-0.3, -0.25) is 4.79 Å². The van der Waals surface area contributed by atoms with Gasteiger partial charge in [0.2, 0.25) is 0 Å². The molecule has 11 heteroatoms. The van der Waals surface area contributed by atoms with Crippen LogP contribution in [-0.4, -0.2) is 50.1 Å². The summed E-state index contributed by atoms with van der Waals surface area (Å²) >= 11 is 11.8. The number of aromatic carboxylic acids is 4. The Morgan fingerprint density at radius 2 is 1.00 bits per heavy atom. The van der Waals surface area contributed by atoms with Gasteiger partial charge in [-0.15, -0.1) is 0 Å². The second-order valence-electron chi connectivity index (χ2n) is 5.22. The van der Waals surface area contributed by atoms with Crippen LogP contribution in [0, 0.1) is 0 Å². The molecule has 0 saturated carbocycles. The number of hydrogen-bond donors (Lipinski definition) is 4. The predicted molar refractivity (Wildman–Crippen MR) is 94.2 cm³/mol. The summed E-state index contributed by atoms with van der Waals surface area (Å²) in [5, 5.41) is 36.3. The van der Waals surface area contributed by atoms with Crippen molar-refractivity contribution < 1.29 is 44.4 Å². The topological polar surface area (TPSA) is 166 Å². The minimum atomic E-state index is -2.07. The van der Waals surface area contributed by atoms with Crippen molar-refractivity contribution in [2.45, 2.75) is 0 Å². The molecule has 0 unspecified atom stereocenters. The van der Waals surface area contributed by atoms with E-state index in [9.17, 15) is 44.4 Å². The van der Waals surface area contributed by atoms with Crippen molar-refractivity contribution >= 4 is 52.9 Å². The zero-order chi connectivity index (χ0) is 21.3. The molecule has 2 rings (SSSR count). The molecular formula is C17H8Cl2O9. The highest BCUT2D eigenvalue weighted by Crippen LogP contribution is 2.35. The highest BCUT2D eigenvalue weighted by Gasteiger charge is 2.38. The summed E-state index contributed by atoms with van der Waals surface area (Å²) in [6.07, 6.45) is 0. The second-order valence-corrected chi connectivity index (χ2v) is 6.00. The number of carboxylic acid groups (broad SMARTS) is 4. The lowest BCUT2D eigenvalue weighted by molar-refractivity contribution is 0.0618. The highest BCUT2D eigenvalue weighted by molar-refractivity contribution is 6.42. The average molecular weight is 427 g/mol. The molecule has 4 N–H and O–H groups in total. The lowest BCUT2D eigenvalue weighted by Crippen LogP contribution is -2.24. The Labute approximate surface area is 165 Å². The van der Waals surface area contributed by atoms with Crippen LogP contribution in [-0.2, 0) is 0 Å². The minimum absolute atomic E-state index is 0.143. The molecule has 0 atom stereocenters. The van der Waals surface area contributed by atoms with E-state index in [1.165, 1.54) is 24.3 Å². The largest absolute Gasteiger partial charge is 0.478 e. The Kier molecular flexibility index (Phi) is 5.72. The molecule has 0 heterocycles. The molecular weight excluding hydrogens is 419 g/mol. The van der Waals surface area contributed by atoms with Crippen molar-refractivity contribution in [3.8, 4) is 0 Å². The Hall–Kier alpha value is -3.43. The molecule has 28 heavy (non-hydrogen) atoms. The summed E-state index contributed by atoms with van der Waals surface area (Å²) in [6.45, 7) is 0. The molecule has 2 aromatic rings. The summed E-state index contributed by atoms with van der Waals surface area (Å²) in [6, 6.07) is 5.29. The molecule has 0 radical (unpaired) electrons. The van der Waals surface area contributed by atoms with Crippen LogP contribution in [0.1, 0.15) is 57.4 Å². The number of ketones is 1. The predicted octanol–water partition coefficient (Wildman–Crippen LogP) is 3.02. The average Bonchev–Trinajstić information content (AvgIpc) is 2.59. The second kappa shape index (κ2) is 7.67. The Bertz CT molecular complexity index is 1070. The van der Waals surface area contributed by atoms with Gasteiger partial charge in [0.05, 0.1) is 37.9 Å². The lowest BCUT2D eigenvalue weighted by Gasteiger charge is -2.16. The standard InChI is InChI=1S/C17H8Cl2O9/c18-6-4-2-1-3-5(6)13(20)10-8(15(23)24)7(14(21)22)9(16(25)26)11(12(10)19)17(27)28/h1-4H,(H,21,22)(H,23,24)(H,25,26)(H,27,28). The van der Waals surface area contributed by atoms with Gasteiger partial charge in [0, 0.05) is 5.56 Å². The smallest absolute Gasteiger partial charge is 0.338 e. The number of carboxylic acids is 4. The van der Waals surface area contributed by atoms with E-state index < -0.39 is 62.5 Å². The molecule has 0 bridgehead atoms. The highest BCUT2D eigenvalue weighted by atomic mass is 35.5. The van der Waals surface area contributed by atoms with Crippen LogP contribution in [0.2, 0.25) is 10.0 Å². The van der Waals surface area contributed by atoms with Gasteiger partial charge in [0.15, 0.2) is 5.78 Å². The first-order valence-corrected chi connectivity index (χ1v) is 7.88. The van der Waals surface area contributed by atoms with Crippen molar-refractivity contribution in [3.63, 3.8) is 0 Å². The van der Waals surface area contributed by atoms with Gasteiger partial charge in [0.25, 0.3) is 0 Å². The van der Waals surface area contributed by atoms with Crippen LogP contribution in [0.3, 0.4) is 0 Å². The van der Waals surface area contributed by atoms with Gasteiger partial charge in [-0.1, -0.05) is 35.3 Å². The minimum Gasteiger partial charge on any atom is -0.478 e. The number of hydrogen-bond acceptors (Lipinski definition) is 5. The molecule has 2 aromatic carbocycles. The SMILES string of the molecule is O=C(O)c1c(Cl)c(C(=O)c2ccccc2Cl)c(C(=O)O)c(C(=O)O)c1C(=O)O. The first-order valence-electron chi connectivity index (χ1n) is 7.12. The van der Waals surface area contributed by atoms with E-state index in [0.717, 1.165) is 0 Å². The first-order chi connectivity index (χ1) is 13.0. The fraction of sp³-hybridized carbons (Fsp3) is 0. The summed E-state index contributed by atoms with van der Waals surface area (Å²) in [5.41, 5.74) is -6.53. The quantitative estimate of drug-likeness (QED) is 0.507. The summed E-state index contributed by atoms with van der Waals surface area (Å²) in [5.74, 6) is -9.25. The molecule has 0 aliphatic rings. The van der Waals surface area contributed by atoms with E-state index in [0.29, 0.717) is 0 Å². The van der Waals surface area contributed by atoms with E-state index in [4.69, 9.17) is 23.2 Å². The number of carbonyl (C=O) groups excluding carboxylic acids is 1. The molecule has 0 aliphatic carbocycles. The number of carbonyl (C=O) groups is 5. The fourth-order valence-corrected chi connectivity index (χ4v) is 3.13. The van der Waals surface area contributed by atoms with Gasteiger partial charge in [-0.25, -0.2) is 19.2 Å². The van der Waals surface area contributed by atoms with Crippen molar-refractivity contribution in [2.75, 3.05) is 0 Å². The maximum Gasteiger partial charge on any atom is 0.338 e. The van der Waals surface area contributed by atoms with Crippen LogP contribution in [0.25, 0.3) is 0 Å². The summed E-state index contributed by atoms with van der Waals surface area (Å²) in [4.78, 5) is 59.3. The normalized spacial score (nSPS) is 10.4. The zero-order valence-corrected chi connectivity index (χ0v) is 14.9. The third kappa shape index (κ3) is 3.40. The number of halogens is 2. The number of benzene rings is 2. The maximum absolute atomic E-state index is 12.9. The van der Waals surface area contributed by atoms with E-state index >= 15 is 0 Å². The molecule has 0 fully saturated rings. The lowest BCUT2D eigenvalue weighted by atomic mass is 9.87. The van der Waals surface area contributed by atoms with Crippen LogP contribution >= 0.6 is 23.2 Å². The third-order valence-electron chi connectivity index (χ3n) is 3.64. The van der Waals surface area contributed by atoms with Crippen molar-refractivity contribution in [1.82, 2.24) is 0 Å². The maximum atomic E-state index is 12.9. The Morgan fingerprint density at radius 3 is 1.43 bits per heavy atom. The van der Waals surface area contributed by atoms with Gasteiger partial charge in [-0.2, -0.15) is 0 Å². The van der Waals surface area contributed by atoms with Crippen LogP contribution in [0.5, 0.6) is 0 Å². The third-order valence-corrected chi connectivity index (χ3v) is 4.35. The zero-order valence-electron chi connectivity index (χ0n) is 13.4. The summed E-state index contributed by atoms with van der Waals surface area (Å²) < 4.78 is 0. The van der Waals surface area contributed by atoms with Crippen molar-refractivity contribution in [3.05, 3.63) is 67.7 Å². The van der Waals surface area contributed by atoms with Crippen LogP contribution < -0.4 is 0 Å². The van der Waals surface area contributed by atoms with E-state index in [1.807, 2.05) is 0 Å². The molecule has 0 aliphatic heterocycles. The van der Waals surface area contributed by atoms with Gasteiger partial charge in [-0.05, 0) is 12.1 Å². The number of rotatable bonds is 6. The van der Waals surface area contributed by atoms with Gasteiger partial charge in [0.1, 0.15) is 0 Å². The Morgan fingerprint density at radius 1 is 0.607 bits per heavy atom. The molecule has 0 spiro atoms. The van der Waals surface area contributed by atoms with Crippen molar-refractivity contribution in [2.24, 2.45) is 0 Å². The van der Waals surface area contributed by atoms with Crippen LogP contribution in [0.15, 0.2) is 24.3 Å². The first kappa shape index (κ1) is 20.9.